The lowest BCUT2D eigenvalue weighted by Crippen LogP contribution is -2.41. The van der Waals surface area contributed by atoms with Gasteiger partial charge in [0.1, 0.15) is 11.8 Å². The van der Waals surface area contributed by atoms with Crippen LogP contribution in [-0.4, -0.2) is 24.8 Å². The first-order valence-electron chi connectivity index (χ1n) is 9.29. The van der Waals surface area contributed by atoms with Crippen LogP contribution in [0.3, 0.4) is 0 Å². The number of amides is 1. The lowest BCUT2D eigenvalue weighted by atomic mass is 10.0. The Kier molecular flexibility index (Phi) is 6.57. The number of aryl methyl sites for hydroxylation is 1. The summed E-state index contributed by atoms with van der Waals surface area (Å²) in [5, 5.41) is 4.05. The largest absolute Gasteiger partial charge is 0.494 e. The minimum Gasteiger partial charge on any atom is -0.494 e. The summed E-state index contributed by atoms with van der Waals surface area (Å²) in [5.74, 6) is 0.678. The Hall–Kier alpha value is -2.70. The first-order valence-corrected chi connectivity index (χ1v) is 9.29. The van der Waals surface area contributed by atoms with Crippen molar-refractivity contribution in [2.45, 2.75) is 38.8 Å². The molecule has 142 valence electrons. The number of benzene rings is 2. The molecule has 0 spiro atoms. The molecule has 0 saturated carbocycles. The van der Waals surface area contributed by atoms with E-state index < -0.39 is 0 Å². The van der Waals surface area contributed by atoms with Gasteiger partial charge >= 0.3 is 0 Å². The van der Waals surface area contributed by atoms with E-state index in [0.717, 1.165) is 23.3 Å². The number of carbonyl (C=O) groups is 1. The molecular formula is C21H26N4O2. The van der Waals surface area contributed by atoms with Gasteiger partial charge < -0.3 is 4.74 Å². The Balaban J connectivity index is 1.48. The molecule has 0 bridgehead atoms. The zero-order valence-electron chi connectivity index (χ0n) is 15.7. The molecule has 2 unspecified atom stereocenters. The molecule has 0 aliphatic carbocycles. The smallest absolute Gasteiger partial charge is 0.258 e. The van der Waals surface area contributed by atoms with Gasteiger partial charge in [-0.3, -0.25) is 4.79 Å². The van der Waals surface area contributed by atoms with E-state index in [0.29, 0.717) is 13.0 Å². The molecule has 1 aliphatic rings. The molecule has 1 fully saturated rings. The van der Waals surface area contributed by atoms with E-state index in [9.17, 15) is 4.79 Å². The third-order valence-corrected chi connectivity index (χ3v) is 4.44. The summed E-state index contributed by atoms with van der Waals surface area (Å²) in [6, 6.07) is 15.7. The van der Waals surface area contributed by atoms with E-state index in [1.54, 1.807) is 6.21 Å². The number of hydrazone groups is 1. The molecule has 6 nitrogen and oxygen atoms in total. The molecule has 3 N–H and O–H groups in total. The van der Waals surface area contributed by atoms with Crippen LogP contribution in [0.2, 0.25) is 0 Å². The maximum Gasteiger partial charge on any atom is 0.258 e. The highest BCUT2D eigenvalue weighted by atomic mass is 16.5. The number of hydrazine groups is 1. The van der Waals surface area contributed by atoms with Crippen LogP contribution in [0.15, 0.2) is 53.6 Å². The highest BCUT2D eigenvalue weighted by molar-refractivity contribution is 5.85. The van der Waals surface area contributed by atoms with Crippen molar-refractivity contribution >= 4 is 12.1 Å². The van der Waals surface area contributed by atoms with Crippen molar-refractivity contribution in [3.63, 3.8) is 0 Å². The predicted molar refractivity (Wildman–Crippen MR) is 107 cm³/mol. The van der Waals surface area contributed by atoms with Gasteiger partial charge in [0.25, 0.3) is 5.91 Å². The zero-order valence-corrected chi connectivity index (χ0v) is 15.7. The van der Waals surface area contributed by atoms with Crippen LogP contribution in [0.1, 0.15) is 42.5 Å². The number of carbonyl (C=O) groups excluding carboxylic acids is 1. The molecule has 0 aromatic heterocycles. The van der Waals surface area contributed by atoms with E-state index in [1.807, 2.05) is 24.3 Å². The average Bonchev–Trinajstić information content (AvgIpc) is 3.18. The van der Waals surface area contributed by atoms with Crippen molar-refractivity contribution in [2.75, 3.05) is 6.61 Å². The van der Waals surface area contributed by atoms with Crippen molar-refractivity contribution in [3.8, 4) is 5.75 Å². The van der Waals surface area contributed by atoms with Gasteiger partial charge in [0.15, 0.2) is 0 Å². The predicted octanol–water partition coefficient (Wildman–Crippen LogP) is 2.84. The second-order valence-electron chi connectivity index (χ2n) is 6.69. The highest BCUT2D eigenvalue weighted by Crippen LogP contribution is 2.22. The van der Waals surface area contributed by atoms with Gasteiger partial charge in [-0.25, -0.2) is 16.3 Å². The average molecular weight is 366 g/mol. The third-order valence-electron chi connectivity index (χ3n) is 4.44. The molecular weight excluding hydrogens is 340 g/mol. The standard InChI is InChI=1S/C21H26N4O2/c1-3-12-27-18-10-6-16(7-11-18)14-22-25-21(26)20-13-19(23-24-20)17-8-4-15(2)5-9-17/h4-11,14,19-20,23-24H,3,12-13H2,1-2H3,(H,25,26)/b22-14+. The lowest BCUT2D eigenvalue weighted by molar-refractivity contribution is -0.122. The summed E-state index contributed by atoms with van der Waals surface area (Å²) in [7, 11) is 0. The summed E-state index contributed by atoms with van der Waals surface area (Å²) in [6.07, 6.45) is 3.28. The Labute approximate surface area is 160 Å². The van der Waals surface area contributed by atoms with Gasteiger partial charge in [-0.2, -0.15) is 5.10 Å². The van der Waals surface area contributed by atoms with Crippen LogP contribution < -0.4 is 21.0 Å². The number of nitrogens with zero attached hydrogens (tertiary/aromatic N) is 1. The Morgan fingerprint density at radius 3 is 2.63 bits per heavy atom. The van der Waals surface area contributed by atoms with Gasteiger partial charge in [-0.1, -0.05) is 36.8 Å². The van der Waals surface area contributed by atoms with Crippen LogP contribution in [-0.2, 0) is 4.79 Å². The van der Waals surface area contributed by atoms with Crippen molar-refractivity contribution in [1.82, 2.24) is 16.3 Å². The van der Waals surface area contributed by atoms with E-state index in [4.69, 9.17) is 4.74 Å². The van der Waals surface area contributed by atoms with Gasteiger partial charge in [0.2, 0.25) is 0 Å². The molecule has 3 rings (SSSR count). The summed E-state index contributed by atoms with van der Waals surface area (Å²) in [6.45, 7) is 4.83. The van der Waals surface area contributed by atoms with Gasteiger partial charge in [-0.15, -0.1) is 0 Å². The van der Waals surface area contributed by atoms with Crippen LogP contribution in [0.5, 0.6) is 5.75 Å². The van der Waals surface area contributed by atoms with Gasteiger partial charge in [0.05, 0.1) is 12.8 Å². The fraction of sp³-hybridized carbons (Fsp3) is 0.333. The van der Waals surface area contributed by atoms with Crippen molar-refractivity contribution < 1.29 is 9.53 Å². The summed E-state index contributed by atoms with van der Waals surface area (Å²) < 4.78 is 5.54. The highest BCUT2D eigenvalue weighted by Gasteiger charge is 2.29. The summed E-state index contributed by atoms with van der Waals surface area (Å²) >= 11 is 0. The number of rotatable bonds is 7. The molecule has 1 amide bonds. The van der Waals surface area contributed by atoms with E-state index in [1.165, 1.54) is 5.56 Å². The van der Waals surface area contributed by atoms with Gasteiger partial charge in [0, 0.05) is 6.04 Å². The summed E-state index contributed by atoms with van der Waals surface area (Å²) in [4.78, 5) is 12.3. The molecule has 1 heterocycles. The molecule has 2 aromatic rings. The van der Waals surface area contributed by atoms with Crippen LogP contribution in [0, 0.1) is 6.92 Å². The molecule has 2 aromatic carbocycles. The molecule has 6 heteroatoms. The quantitative estimate of drug-likeness (QED) is 0.520. The maximum absolute atomic E-state index is 12.3. The Bertz CT molecular complexity index is 772. The number of hydrogen-bond donors (Lipinski definition) is 3. The maximum atomic E-state index is 12.3. The minimum absolute atomic E-state index is 0.112. The monoisotopic (exact) mass is 366 g/mol. The zero-order chi connectivity index (χ0) is 19.1. The topological polar surface area (TPSA) is 74.8 Å². The van der Waals surface area contributed by atoms with E-state index in [-0.39, 0.29) is 18.0 Å². The van der Waals surface area contributed by atoms with Crippen molar-refractivity contribution in [3.05, 3.63) is 65.2 Å². The van der Waals surface area contributed by atoms with E-state index >= 15 is 0 Å². The first kappa shape index (κ1) is 19.1. The molecule has 0 radical (unpaired) electrons. The fourth-order valence-electron chi connectivity index (χ4n) is 2.86. The minimum atomic E-state index is -0.321. The normalized spacial score (nSPS) is 19.3. The first-order chi connectivity index (χ1) is 13.2. The molecule has 1 aliphatic heterocycles. The SMILES string of the molecule is CCCOc1ccc(/C=N/NC(=O)C2CC(c3ccc(C)cc3)NN2)cc1. The second kappa shape index (κ2) is 9.30. The summed E-state index contributed by atoms with van der Waals surface area (Å²) in [5.41, 5.74) is 12.1. The molecule has 1 saturated heterocycles. The fourth-order valence-corrected chi connectivity index (χ4v) is 2.86. The Morgan fingerprint density at radius 1 is 1.19 bits per heavy atom. The Morgan fingerprint density at radius 2 is 1.93 bits per heavy atom. The van der Waals surface area contributed by atoms with Crippen LogP contribution in [0.4, 0.5) is 0 Å². The van der Waals surface area contributed by atoms with E-state index in [2.05, 4.69) is 59.5 Å². The molecule has 2 atom stereocenters. The van der Waals surface area contributed by atoms with Crippen LogP contribution in [0.25, 0.3) is 0 Å². The van der Waals surface area contributed by atoms with Crippen LogP contribution >= 0.6 is 0 Å². The van der Waals surface area contributed by atoms with Crippen molar-refractivity contribution in [2.24, 2.45) is 5.10 Å². The number of ether oxygens (including phenoxy) is 1. The third kappa shape index (κ3) is 5.39. The number of nitrogens with one attached hydrogen (secondary N) is 3. The van der Waals surface area contributed by atoms with Crippen molar-refractivity contribution in [1.29, 1.82) is 0 Å². The molecule has 27 heavy (non-hydrogen) atoms. The second-order valence-corrected chi connectivity index (χ2v) is 6.69. The number of hydrogen-bond acceptors (Lipinski definition) is 5. The lowest BCUT2D eigenvalue weighted by Gasteiger charge is -2.09. The van der Waals surface area contributed by atoms with Gasteiger partial charge in [-0.05, 0) is 55.2 Å².